The maximum Gasteiger partial charge on any atom is 0.495 e. The zero-order chi connectivity index (χ0) is 55.7. The fourth-order valence-electron chi connectivity index (χ4n) is 11.7. The van der Waals surface area contributed by atoms with E-state index < -0.39 is 28.3 Å². The average molecular weight is 1180 g/mol. The van der Waals surface area contributed by atoms with Crippen molar-refractivity contribution in [3.63, 3.8) is 0 Å². The first kappa shape index (κ1) is 56.6. The van der Waals surface area contributed by atoms with Crippen molar-refractivity contribution in [1.82, 2.24) is 0 Å². The summed E-state index contributed by atoms with van der Waals surface area (Å²) in [6.45, 7) is 33.0. The van der Waals surface area contributed by atoms with E-state index >= 15 is 0 Å². The number of fused-ring (bicyclic) bond motifs is 4. The molecule has 0 saturated carbocycles. The zero-order valence-electron chi connectivity index (χ0n) is 48.9. The molecule has 406 valence electrons. The highest BCUT2D eigenvalue weighted by Crippen LogP contribution is 2.47. The predicted molar refractivity (Wildman–Crippen MR) is 341 cm³/mol. The molecule has 4 saturated heterocycles. The van der Waals surface area contributed by atoms with Gasteiger partial charge in [0.25, 0.3) is 0 Å². The van der Waals surface area contributed by atoms with Crippen LogP contribution in [0.25, 0.3) is 86.2 Å². The highest BCUT2D eigenvalue weighted by atomic mass is 79.9. The molecule has 0 aromatic heterocycles. The lowest BCUT2D eigenvalue weighted by Crippen LogP contribution is -2.41. The Labute approximate surface area is 484 Å². The molecule has 0 amide bonds. The van der Waals surface area contributed by atoms with Gasteiger partial charge in [-0.05, 0) is 220 Å². The van der Waals surface area contributed by atoms with Crippen LogP contribution in [0.15, 0.2) is 130 Å². The molecule has 0 spiro atoms. The van der Waals surface area contributed by atoms with Gasteiger partial charge in [-0.1, -0.05) is 141 Å². The van der Waals surface area contributed by atoms with Crippen molar-refractivity contribution in [1.29, 1.82) is 0 Å². The van der Waals surface area contributed by atoms with E-state index in [1.807, 2.05) is 55.4 Å². The molecule has 14 heteroatoms. The molecular formula is C65H71B4Br2O8-. The second kappa shape index (κ2) is 18.9. The molecule has 0 aliphatic carbocycles. The summed E-state index contributed by atoms with van der Waals surface area (Å²) in [4.78, 5) is 0. The summed E-state index contributed by atoms with van der Waals surface area (Å²) in [5.41, 5.74) is -0.842. The van der Waals surface area contributed by atoms with E-state index in [0.29, 0.717) is 0 Å². The molecule has 0 bridgehead atoms. The molecule has 4 fully saturated rings. The lowest BCUT2D eigenvalue weighted by molar-refractivity contribution is 0.00578. The van der Waals surface area contributed by atoms with Gasteiger partial charge >= 0.3 is 28.3 Å². The molecule has 10 aromatic rings. The fraction of sp³-hybridized carbons (Fsp3) is 0.369. The van der Waals surface area contributed by atoms with Crippen LogP contribution in [0.3, 0.4) is 0 Å². The van der Waals surface area contributed by atoms with Crippen LogP contribution in [0.1, 0.15) is 111 Å². The fourth-order valence-corrected chi connectivity index (χ4v) is 12.7. The van der Waals surface area contributed by atoms with Crippen LogP contribution in [0.2, 0.25) is 0 Å². The van der Waals surface area contributed by atoms with E-state index in [4.69, 9.17) is 37.2 Å². The normalized spacial score (nSPS) is 21.2. The summed E-state index contributed by atoms with van der Waals surface area (Å²) in [5, 5.41) is 20.4. The highest BCUT2D eigenvalue weighted by molar-refractivity contribution is 9.11. The number of hydrogen-bond acceptors (Lipinski definition) is 8. The maximum atomic E-state index is 6.47. The Kier molecular flexibility index (Phi) is 13.5. The molecule has 0 unspecified atom stereocenters. The van der Waals surface area contributed by atoms with Crippen molar-refractivity contribution in [2.45, 2.75) is 156 Å². The van der Waals surface area contributed by atoms with Gasteiger partial charge in [-0.3, -0.25) is 0 Å². The predicted octanol–water partition coefficient (Wildman–Crippen LogP) is 16.3. The third-order valence-corrected chi connectivity index (χ3v) is 20.4. The largest absolute Gasteiger partial charge is 0.495 e. The Bertz CT molecular complexity index is 3680. The van der Waals surface area contributed by atoms with Gasteiger partial charge in [0.2, 0.25) is 0 Å². The second-order valence-corrected chi connectivity index (χ2v) is 27.6. The molecule has 4 aliphatic rings. The van der Waals surface area contributed by atoms with E-state index in [0.717, 1.165) is 19.9 Å². The topological polar surface area (TPSA) is 73.8 Å². The molecule has 8 nitrogen and oxygen atoms in total. The van der Waals surface area contributed by atoms with Crippen LogP contribution in [0, 0.1) is 7.43 Å². The Balaban J connectivity index is 0.000000137. The monoisotopic (exact) mass is 1180 g/mol. The summed E-state index contributed by atoms with van der Waals surface area (Å²) in [5.74, 6) is 0. The van der Waals surface area contributed by atoms with E-state index in [1.54, 1.807) is 0 Å². The first-order chi connectivity index (χ1) is 36.4. The molecule has 0 radical (unpaired) electrons. The van der Waals surface area contributed by atoms with Crippen LogP contribution in [-0.2, 0) is 37.2 Å². The Hall–Kier alpha value is -4.30. The minimum absolute atomic E-state index is 0. The van der Waals surface area contributed by atoms with Gasteiger partial charge in [0.05, 0.1) is 44.8 Å². The van der Waals surface area contributed by atoms with Crippen molar-refractivity contribution in [2.75, 3.05) is 0 Å². The van der Waals surface area contributed by atoms with Crippen molar-refractivity contribution >= 4 is 157 Å². The van der Waals surface area contributed by atoms with E-state index in [2.05, 4.69) is 209 Å². The minimum atomic E-state index is -0.476. The summed E-state index contributed by atoms with van der Waals surface area (Å²) in [6.07, 6.45) is 0. The quantitative estimate of drug-likeness (QED) is 0.0750. The molecule has 0 N–H and O–H groups in total. The van der Waals surface area contributed by atoms with Gasteiger partial charge in [0.1, 0.15) is 0 Å². The summed E-state index contributed by atoms with van der Waals surface area (Å²) < 4.78 is 52.0. The van der Waals surface area contributed by atoms with Crippen LogP contribution in [-0.4, -0.2) is 73.1 Å². The van der Waals surface area contributed by atoms with Gasteiger partial charge in [0, 0.05) is 8.95 Å². The Morgan fingerprint density at radius 3 is 0.734 bits per heavy atom. The molecule has 4 heterocycles. The van der Waals surface area contributed by atoms with Gasteiger partial charge in [0.15, 0.2) is 0 Å². The molecule has 10 aromatic carbocycles. The number of hydrogen-bond donors (Lipinski definition) is 0. The summed E-state index contributed by atoms with van der Waals surface area (Å²) in [7, 11) is -1.77. The van der Waals surface area contributed by atoms with Crippen LogP contribution < -0.4 is 10.9 Å². The Morgan fingerprint density at radius 2 is 0.456 bits per heavy atom. The van der Waals surface area contributed by atoms with Gasteiger partial charge in [-0.2, -0.15) is 0 Å². The van der Waals surface area contributed by atoms with Gasteiger partial charge in [-0.25, -0.2) is 0 Å². The third-order valence-electron chi connectivity index (χ3n) is 19.1. The average Bonchev–Trinajstić information content (AvgIpc) is 4.15. The SMILES string of the molecule is Brc1ccc2c3cccc4c(Br)ccc(c5cccc1c52)c43.CC1(C)OB(B2OC(C)(C)C(C)(C)O2)OC1(C)C.CC1(C)OB(c2ccc3c4cccc5c(B6OC(C)(C)C(C)(C)O6)ccc(c6cccc2c63)c54)OC1(C)C.[CH3-]. The molecular weight excluding hydrogens is 1110 g/mol. The van der Waals surface area contributed by atoms with Crippen LogP contribution in [0.5, 0.6) is 0 Å². The Morgan fingerprint density at radius 1 is 0.253 bits per heavy atom. The molecule has 4 aliphatic heterocycles. The minimum Gasteiger partial charge on any atom is -0.405 e. The van der Waals surface area contributed by atoms with E-state index in [9.17, 15) is 0 Å². The van der Waals surface area contributed by atoms with Crippen molar-refractivity contribution in [3.8, 4) is 0 Å². The van der Waals surface area contributed by atoms with Crippen molar-refractivity contribution in [2.24, 2.45) is 0 Å². The van der Waals surface area contributed by atoms with Crippen molar-refractivity contribution in [3.05, 3.63) is 138 Å². The molecule has 79 heavy (non-hydrogen) atoms. The summed E-state index contributed by atoms with van der Waals surface area (Å²) in [6, 6.07) is 43.9. The first-order valence-electron chi connectivity index (χ1n) is 27.4. The van der Waals surface area contributed by atoms with Crippen LogP contribution >= 0.6 is 31.9 Å². The van der Waals surface area contributed by atoms with E-state index in [1.165, 1.54) is 86.2 Å². The number of benzene rings is 10. The second-order valence-electron chi connectivity index (χ2n) is 25.9. The lowest BCUT2D eigenvalue weighted by atomic mass is 9.49. The third kappa shape index (κ3) is 8.78. The highest BCUT2D eigenvalue weighted by Gasteiger charge is 2.64. The first-order valence-corrected chi connectivity index (χ1v) is 29.0. The molecule has 14 rings (SSSR count). The lowest BCUT2D eigenvalue weighted by Gasteiger charge is -2.32. The number of halogens is 2. The van der Waals surface area contributed by atoms with Crippen LogP contribution in [0.4, 0.5) is 0 Å². The standard InChI is InChI=1S/C32H34B2O4.C20H10Br2.C12H24B2O4.CH3/c1-29(2)30(3,4)36-33(35-29)25-17-15-21-20-12-10-14-24-26(34-37-31(5,6)32(7,8)38-34)18-16-22(28(20)24)19-11-9-13-23(25)27(19)21;21-17-9-8-14-12-4-2-6-16-18(22)10-7-13(20(12)16)11-3-1-5-15(17)19(11)14;1-9(2)10(3,4)16-13(15-9)14-17-11(5,6)12(7,8)18-14;/h9-18H,1-8H3;1-10H;1-8H3;1H3/q;;;-1. The maximum absolute atomic E-state index is 6.47. The van der Waals surface area contributed by atoms with E-state index in [-0.39, 0.29) is 52.2 Å². The van der Waals surface area contributed by atoms with Crippen molar-refractivity contribution < 1.29 is 37.2 Å². The number of rotatable bonds is 3. The van der Waals surface area contributed by atoms with Gasteiger partial charge in [-0.15, -0.1) is 0 Å². The summed E-state index contributed by atoms with van der Waals surface area (Å²) >= 11 is 7.40. The smallest absolute Gasteiger partial charge is 0.405 e. The molecule has 0 atom stereocenters. The zero-order valence-corrected chi connectivity index (χ0v) is 52.1. The van der Waals surface area contributed by atoms with Gasteiger partial charge < -0.3 is 44.7 Å².